The molecule has 2 aliphatic heterocycles. The predicted molar refractivity (Wildman–Crippen MR) is 147 cm³/mol. The largest absolute Gasteiger partial charge is 0.493 e. The Morgan fingerprint density at radius 3 is 2.33 bits per heavy atom. The molecule has 5 rings (SSSR count). The summed E-state index contributed by atoms with van der Waals surface area (Å²) in [5.74, 6) is 4.04. The highest BCUT2D eigenvalue weighted by Crippen LogP contribution is 2.36. The summed E-state index contributed by atoms with van der Waals surface area (Å²) in [6.45, 7) is 7.67. The van der Waals surface area contributed by atoms with Crippen LogP contribution in [0, 0.1) is 5.92 Å². The molecular weight excluding hydrogens is 452 g/mol. The molecule has 198 valence electrons. The zero-order valence-corrected chi connectivity index (χ0v) is 22.5. The lowest BCUT2D eigenvalue weighted by molar-refractivity contribution is 0.168. The fourth-order valence-electron chi connectivity index (χ4n) is 6.13. The van der Waals surface area contributed by atoms with Crippen molar-refractivity contribution in [1.29, 1.82) is 0 Å². The van der Waals surface area contributed by atoms with E-state index in [2.05, 4.69) is 27.1 Å². The molecule has 0 bridgehead atoms. The van der Waals surface area contributed by atoms with Crippen LogP contribution in [0.15, 0.2) is 12.1 Å². The molecule has 2 saturated heterocycles. The molecule has 0 spiro atoms. The number of rotatable bonds is 7. The van der Waals surface area contributed by atoms with E-state index < -0.39 is 0 Å². The minimum absolute atomic E-state index is 0.418. The number of ether oxygens (including phenoxy) is 2. The van der Waals surface area contributed by atoms with Crippen LogP contribution in [0.1, 0.15) is 51.4 Å². The van der Waals surface area contributed by atoms with Gasteiger partial charge in [0.15, 0.2) is 11.5 Å². The van der Waals surface area contributed by atoms with E-state index in [1.165, 1.54) is 51.7 Å². The molecule has 1 aromatic carbocycles. The number of anilines is 2. The first-order valence-electron chi connectivity index (χ1n) is 14.0. The number of likely N-dealkylation sites (N-methyl/N-ethyl adjacent to an activating group) is 1. The Morgan fingerprint density at radius 2 is 1.58 bits per heavy atom. The highest BCUT2D eigenvalue weighted by atomic mass is 16.5. The summed E-state index contributed by atoms with van der Waals surface area (Å²) in [6.07, 6.45) is 10.5. The van der Waals surface area contributed by atoms with Gasteiger partial charge in [-0.2, -0.15) is 4.98 Å². The number of hydrogen-bond acceptors (Lipinski definition) is 8. The van der Waals surface area contributed by atoms with Gasteiger partial charge in [-0.15, -0.1) is 0 Å². The molecule has 0 amide bonds. The minimum atomic E-state index is 0.418. The molecular formula is C28H44N6O2. The molecule has 8 heteroatoms. The molecule has 3 heterocycles. The van der Waals surface area contributed by atoms with Crippen LogP contribution in [-0.4, -0.2) is 92.9 Å². The van der Waals surface area contributed by atoms with Gasteiger partial charge in [0.25, 0.3) is 0 Å². The number of nitrogens with one attached hydrogen (secondary N) is 1. The van der Waals surface area contributed by atoms with Gasteiger partial charge in [-0.25, -0.2) is 4.98 Å². The van der Waals surface area contributed by atoms with Crippen LogP contribution in [0.25, 0.3) is 10.9 Å². The van der Waals surface area contributed by atoms with E-state index >= 15 is 0 Å². The maximum Gasteiger partial charge on any atom is 0.227 e. The molecule has 1 N–H and O–H groups in total. The van der Waals surface area contributed by atoms with Crippen molar-refractivity contribution in [3.8, 4) is 11.5 Å². The first-order chi connectivity index (χ1) is 17.6. The predicted octanol–water partition coefficient (Wildman–Crippen LogP) is 4.25. The van der Waals surface area contributed by atoms with Gasteiger partial charge >= 0.3 is 0 Å². The highest BCUT2D eigenvalue weighted by Gasteiger charge is 2.25. The monoisotopic (exact) mass is 496 g/mol. The quantitative estimate of drug-likeness (QED) is 0.611. The van der Waals surface area contributed by atoms with Crippen molar-refractivity contribution in [3.05, 3.63) is 12.1 Å². The molecule has 3 fully saturated rings. The summed E-state index contributed by atoms with van der Waals surface area (Å²) in [7, 11) is 5.55. The van der Waals surface area contributed by atoms with Gasteiger partial charge in [0, 0.05) is 56.8 Å². The van der Waals surface area contributed by atoms with E-state index in [0.29, 0.717) is 17.5 Å². The zero-order chi connectivity index (χ0) is 24.9. The van der Waals surface area contributed by atoms with Crippen molar-refractivity contribution in [2.45, 2.75) is 57.4 Å². The number of methoxy groups -OCH3 is 2. The molecule has 2 aromatic rings. The normalized spacial score (nSPS) is 21.5. The van der Waals surface area contributed by atoms with Crippen molar-refractivity contribution in [2.75, 3.05) is 77.3 Å². The third-order valence-corrected chi connectivity index (χ3v) is 8.36. The van der Waals surface area contributed by atoms with Crippen molar-refractivity contribution in [2.24, 2.45) is 5.92 Å². The molecule has 0 radical (unpaired) electrons. The number of hydrogen-bond donors (Lipinski definition) is 1. The van der Waals surface area contributed by atoms with Crippen LogP contribution in [-0.2, 0) is 0 Å². The number of nitrogens with zero attached hydrogens (tertiary/aromatic N) is 5. The molecule has 0 unspecified atom stereocenters. The van der Waals surface area contributed by atoms with Gasteiger partial charge in [-0.05, 0) is 57.7 Å². The minimum Gasteiger partial charge on any atom is -0.493 e. The Bertz CT molecular complexity index is 1000. The summed E-state index contributed by atoms with van der Waals surface area (Å²) in [4.78, 5) is 17.5. The van der Waals surface area contributed by atoms with Gasteiger partial charge in [0.2, 0.25) is 5.95 Å². The summed E-state index contributed by atoms with van der Waals surface area (Å²) < 4.78 is 11.2. The maximum absolute atomic E-state index is 5.62. The van der Waals surface area contributed by atoms with Crippen molar-refractivity contribution in [1.82, 2.24) is 19.8 Å². The fourth-order valence-corrected chi connectivity index (χ4v) is 6.13. The third-order valence-electron chi connectivity index (χ3n) is 8.36. The second kappa shape index (κ2) is 11.8. The Morgan fingerprint density at radius 1 is 0.833 bits per heavy atom. The topological polar surface area (TPSA) is 66.0 Å². The van der Waals surface area contributed by atoms with E-state index in [1.54, 1.807) is 14.2 Å². The van der Waals surface area contributed by atoms with Gasteiger partial charge in [0.1, 0.15) is 5.82 Å². The highest BCUT2D eigenvalue weighted by molar-refractivity contribution is 5.93. The van der Waals surface area contributed by atoms with Gasteiger partial charge in [-0.1, -0.05) is 19.3 Å². The van der Waals surface area contributed by atoms with Crippen LogP contribution >= 0.6 is 0 Å². The van der Waals surface area contributed by atoms with E-state index in [-0.39, 0.29) is 0 Å². The van der Waals surface area contributed by atoms with E-state index in [0.717, 1.165) is 74.0 Å². The van der Waals surface area contributed by atoms with E-state index in [9.17, 15) is 0 Å². The average Bonchev–Trinajstić information content (AvgIpc) is 3.14. The Labute approximate surface area is 216 Å². The fraction of sp³-hybridized carbons (Fsp3) is 0.714. The van der Waals surface area contributed by atoms with Crippen molar-refractivity contribution >= 4 is 22.7 Å². The van der Waals surface area contributed by atoms with E-state index in [4.69, 9.17) is 19.4 Å². The van der Waals surface area contributed by atoms with Crippen LogP contribution in [0.5, 0.6) is 11.5 Å². The Kier molecular flexibility index (Phi) is 8.32. The zero-order valence-electron chi connectivity index (χ0n) is 22.5. The van der Waals surface area contributed by atoms with Gasteiger partial charge < -0.3 is 29.5 Å². The SMILES string of the molecule is COc1cc2nc(N3CCCN(C)CC3)nc(NC3CCN(CC4CCCCC4)CC3)c2cc1OC. The maximum atomic E-state index is 5.62. The number of likely N-dealkylation sites (tertiary alicyclic amines) is 1. The lowest BCUT2D eigenvalue weighted by atomic mass is 9.88. The average molecular weight is 497 g/mol. The number of piperidine rings is 1. The smallest absolute Gasteiger partial charge is 0.227 e. The van der Waals surface area contributed by atoms with Gasteiger partial charge in [0.05, 0.1) is 19.7 Å². The molecule has 1 saturated carbocycles. The molecule has 1 aromatic heterocycles. The van der Waals surface area contributed by atoms with Crippen LogP contribution in [0.2, 0.25) is 0 Å². The first-order valence-corrected chi connectivity index (χ1v) is 14.0. The number of fused-ring (bicyclic) bond motifs is 1. The molecule has 8 nitrogen and oxygen atoms in total. The van der Waals surface area contributed by atoms with E-state index in [1.807, 2.05) is 12.1 Å². The summed E-state index contributed by atoms with van der Waals surface area (Å²) in [5.41, 5.74) is 0.896. The first kappa shape index (κ1) is 25.3. The van der Waals surface area contributed by atoms with Crippen molar-refractivity contribution in [3.63, 3.8) is 0 Å². The summed E-state index contributed by atoms with van der Waals surface area (Å²) in [5, 5.41) is 4.82. The summed E-state index contributed by atoms with van der Waals surface area (Å²) >= 11 is 0. The third kappa shape index (κ3) is 5.97. The second-order valence-corrected chi connectivity index (χ2v) is 11.0. The number of aromatic nitrogens is 2. The number of benzene rings is 1. The van der Waals surface area contributed by atoms with Crippen LogP contribution in [0.4, 0.5) is 11.8 Å². The molecule has 36 heavy (non-hydrogen) atoms. The lowest BCUT2D eigenvalue weighted by Crippen LogP contribution is -2.41. The standard InChI is InChI=1S/C28H44N6O2/c1-32-12-7-13-34(17-16-32)28-30-24-19-26(36-3)25(35-2)18-23(24)27(31-28)29-22-10-14-33(15-11-22)20-21-8-5-4-6-9-21/h18-19,21-22H,4-17,20H2,1-3H3,(H,29,30,31). The summed E-state index contributed by atoms with van der Waals surface area (Å²) in [6, 6.07) is 4.43. The van der Waals surface area contributed by atoms with Crippen LogP contribution < -0.4 is 19.7 Å². The van der Waals surface area contributed by atoms with Crippen molar-refractivity contribution < 1.29 is 9.47 Å². The Balaban J connectivity index is 1.35. The molecule has 0 atom stereocenters. The lowest BCUT2D eigenvalue weighted by Gasteiger charge is -2.36. The second-order valence-electron chi connectivity index (χ2n) is 11.0. The van der Waals surface area contributed by atoms with Crippen LogP contribution in [0.3, 0.4) is 0 Å². The van der Waals surface area contributed by atoms with Gasteiger partial charge in [-0.3, -0.25) is 0 Å². The molecule has 1 aliphatic carbocycles. The Hall–Kier alpha value is -2.32. The molecule has 3 aliphatic rings.